The van der Waals surface area contributed by atoms with E-state index in [-0.39, 0.29) is 18.2 Å². The van der Waals surface area contributed by atoms with Crippen LogP contribution in [-0.4, -0.2) is 30.1 Å². The van der Waals surface area contributed by atoms with Gasteiger partial charge >= 0.3 is 5.97 Å². The molecule has 2 atom stereocenters. The number of rotatable bonds is 7. The topological polar surface area (TPSA) is 75.6 Å². The van der Waals surface area contributed by atoms with Crippen molar-refractivity contribution < 1.29 is 19.4 Å². The molecule has 1 aromatic rings. The first kappa shape index (κ1) is 16.0. The highest BCUT2D eigenvalue weighted by atomic mass is 16.5. The smallest absolute Gasteiger partial charge is 0.325 e. The average Bonchev–Trinajstić information content (AvgIpc) is 2.38. The maximum Gasteiger partial charge on any atom is 0.325 e. The van der Waals surface area contributed by atoms with Crippen molar-refractivity contribution in [1.82, 2.24) is 5.32 Å². The lowest BCUT2D eigenvalue weighted by molar-refractivity contribution is -0.141. The predicted molar refractivity (Wildman–Crippen MR) is 75.7 cm³/mol. The Morgan fingerprint density at radius 2 is 1.95 bits per heavy atom. The number of carboxylic acid groups (broad SMARTS) is 1. The van der Waals surface area contributed by atoms with Crippen LogP contribution in [0.3, 0.4) is 0 Å². The minimum absolute atomic E-state index is 0.104. The van der Waals surface area contributed by atoms with E-state index in [1.807, 2.05) is 31.2 Å². The zero-order chi connectivity index (χ0) is 15.1. The van der Waals surface area contributed by atoms with E-state index in [0.717, 1.165) is 11.3 Å². The number of aliphatic carboxylic acids is 1. The van der Waals surface area contributed by atoms with Gasteiger partial charge in [-0.1, -0.05) is 25.1 Å². The second-order valence-electron chi connectivity index (χ2n) is 4.95. The van der Waals surface area contributed by atoms with Gasteiger partial charge in [-0.25, -0.2) is 0 Å². The summed E-state index contributed by atoms with van der Waals surface area (Å²) in [6.07, 6.45) is 0.995. The second-order valence-corrected chi connectivity index (χ2v) is 4.95. The highest BCUT2D eigenvalue weighted by Crippen LogP contribution is 2.22. The maximum absolute atomic E-state index is 11.7. The van der Waals surface area contributed by atoms with Crippen LogP contribution >= 0.6 is 0 Å². The van der Waals surface area contributed by atoms with E-state index in [0.29, 0.717) is 6.42 Å². The fourth-order valence-electron chi connectivity index (χ4n) is 2.00. The van der Waals surface area contributed by atoms with Gasteiger partial charge in [-0.2, -0.15) is 0 Å². The second kappa shape index (κ2) is 7.53. The third-order valence-corrected chi connectivity index (χ3v) is 3.04. The Morgan fingerprint density at radius 3 is 2.55 bits per heavy atom. The van der Waals surface area contributed by atoms with Crippen LogP contribution in [-0.2, 0) is 16.0 Å². The lowest BCUT2D eigenvalue weighted by atomic mass is 9.97. The average molecular weight is 279 g/mol. The van der Waals surface area contributed by atoms with Crippen LogP contribution in [0.5, 0.6) is 5.75 Å². The summed E-state index contributed by atoms with van der Waals surface area (Å²) in [7, 11) is 1.62. The van der Waals surface area contributed by atoms with Crippen molar-refractivity contribution in [1.29, 1.82) is 0 Å². The van der Waals surface area contributed by atoms with E-state index in [4.69, 9.17) is 9.84 Å². The number of ether oxygens (including phenoxy) is 1. The molecule has 0 spiro atoms. The van der Waals surface area contributed by atoms with E-state index < -0.39 is 12.0 Å². The third kappa shape index (κ3) is 4.91. The Bertz CT molecular complexity index is 473. The zero-order valence-corrected chi connectivity index (χ0v) is 12.1. The normalized spacial score (nSPS) is 13.3. The van der Waals surface area contributed by atoms with Crippen LogP contribution in [0.4, 0.5) is 0 Å². The van der Waals surface area contributed by atoms with Gasteiger partial charge in [0.15, 0.2) is 0 Å². The van der Waals surface area contributed by atoms with Crippen molar-refractivity contribution in [3.63, 3.8) is 0 Å². The van der Waals surface area contributed by atoms with Crippen LogP contribution in [0.25, 0.3) is 0 Å². The molecular formula is C15H21NO4. The van der Waals surface area contributed by atoms with Crippen molar-refractivity contribution in [3.8, 4) is 5.75 Å². The van der Waals surface area contributed by atoms with Crippen molar-refractivity contribution in [2.45, 2.75) is 32.7 Å². The molecule has 1 amide bonds. The number of para-hydroxylation sites is 1. The molecule has 0 fully saturated rings. The molecule has 1 rings (SSSR count). The number of benzene rings is 1. The molecule has 2 N–H and O–H groups in total. The highest BCUT2D eigenvalue weighted by molar-refractivity contribution is 5.83. The van der Waals surface area contributed by atoms with E-state index in [1.54, 1.807) is 7.11 Å². The van der Waals surface area contributed by atoms with Gasteiger partial charge in [-0.15, -0.1) is 0 Å². The lowest BCUT2D eigenvalue weighted by Crippen LogP contribution is -2.39. The standard InChI is InChI=1S/C15H21NO4/c1-10(9-14(17)16-11(2)15(18)19)8-12-6-4-5-7-13(12)20-3/h4-7,10-11H,8-9H2,1-3H3,(H,16,17)(H,18,19)/t10?,11-/m1/s1. The number of amides is 1. The van der Waals surface area contributed by atoms with E-state index in [1.165, 1.54) is 6.92 Å². The van der Waals surface area contributed by atoms with Gasteiger partial charge in [0.2, 0.25) is 5.91 Å². The molecule has 0 heterocycles. The van der Waals surface area contributed by atoms with Gasteiger partial charge in [-0.05, 0) is 30.9 Å². The molecule has 5 nitrogen and oxygen atoms in total. The van der Waals surface area contributed by atoms with E-state index >= 15 is 0 Å². The first-order valence-electron chi connectivity index (χ1n) is 6.58. The largest absolute Gasteiger partial charge is 0.496 e. The Hall–Kier alpha value is -2.04. The number of hydrogen-bond acceptors (Lipinski definition) is 3. The SMILES string of the molecule is COc1ccccc1CC(C)CC(=O)N[C@H](C)C(=O)O. The molecule has 5 heteroatoms. The van der Waals surface area contributed by atoms with Gasteiger partial charge in [0.1, 0.15) is 11.8 Å². The Balaban J connectivity index is 2.53. The number of hydrogen-bond donors (Lipinski definition) is 2. The molecule has 0 aliphatic carbocycles. The fraction of sp³-hybridized carbons (Fsp3) is 0.467. The molecule has 110 valence electrons. The van der Waals surface area contributed by atoms with Crippen LogP contribution in [0.1, 0.15) is 25.8 Å². The molecule has 1 unspecified atom stereocenters. The predicted octanol–water partition coefficient (Wildman–Crippen LogP) is 1.85. The third-order valence-electron chi connectivity index (χ3n) is 3.04. The van der Waals surface area contributed by atoms with Crippen molar-refractivity contribution >= 4 is 11.9 Å². The van der Waals surface area contributed by atoms with Crippen molar-refractivity contribution in [3.05, 3.63) is 29.8 Å². The first-order valence-corrected chi connectivity index (χ1v) is 6.58. The molecule has 0 bridgehead atoms. The maximum atomic E-state index is 11.7. The summed E-state index contributed by atoms with van der Waals surface area (Å²) in [6.45, 7) is 3.41. The zero-order valence-electron chi connectivity index (χ0n) is 12.1. The molecule has 1 aromatic carbocycles. The number of nitrogens with one attached hydrogen (secondary N) is 1. The Kier molecular flexibility index (Phi) is 6.03. The first-order chi connectivity index (χ1) is 9.43. The van der Waals surface area contributed by atoms with Gasteiger partial charge in [0.05, 0.1) is 7.11 Å². The number of carbonyl (C=O) groups excluding carboxylic acids is 1. The molecule has 0 radical (unpaired) electrons. The van der Waals surface area contributed by atoms with Gasteiger partial charge < -0.3 is 15.2 Å². The summed E-state index contributed by atoms with van der Waals surface area (Å²) in [5.74, 6) is -0.371. The molecule has 20 heavy (non-hydrogen) atoms. The summed E-state index contributed by atoms with van der Waals surface area (Å²) in [5.41, 5.74) is 1.04. The Labute approximate surface area is 118 Å². The van der Waals surface area contributed by atoms with Crippen LogP contribution in [0, 0.1) is 5.92 Å². The molecule has 0 aliphatic heterocycles. The number of carboxylic acids is 1. The summed E-state index contributed by atoms with van der Waals surface area (Å²) < 4.78 is 5.27. The number of carbonyl (C=O) groups is 2. The highest BCUT2D eigenvalue weighted by Gasteiger charge is 2.17. The van der Waals surface area contributed by atoms with E-state index in [2.05, 4.69) is 5.32 Å². The molecular weight excluding hydrogens is 258 g/mol. The van der Waals surface area contributed by atoms with Crippen LogP contribution in [0.15, 0.2) is 24.3 Å². The minimum atomic E-state index is -1.03. The van der Waals surface area contributed by atoms with Crippen molar-refractivity contribution in [2.75, 3.05) is 7.11 Å². The summed E-state index contributed by atoms with van der Waals surface area (Å²) in [6, 6.07) is 6.81. The van der Waals surface area contributed by atoms with Crippen LogP contribution in [0.2, 0.25) is 0 Å². The van der Waals surface area contributed by atoms with Crippen molar-refractivity contribution in [2.24, 2.45) is 5.92 Å². The fourth-order valence-corrected chi connectivity index (χ4v) is 2.00. The van der Waals surface area contributed by atoms with E-state index in [9.17, 15) is 9.59 Å². The van der Waals surface area contributed by atoms with Gasteiger partial charge in [-0.3, -0.25) is 9.59 Å². The lowest BCUT2D eigenvalue weighted by Gasteiger charge is -2.15. The Morgan fingerprint density at radius 1 is 1.30 bits per heavy atom. The molecule has 0 saturated heterocycles. The molecule has 0 aromatic heterocycles. The summed E-state index contributed by atoms with van der Waals surface area (Å²) in [4.78, 5) is 22.4. The summed E-state index contributed by atoms with van der Waals surface area (Å²) >= 11 is 0. The van der Waals surface area contributed by atoms with Gasteiger partial charge in [0, 0.05) is 6.42 Å². The molecule has 0 aliphatic rings. The molecule has 0 saturated carbocycles. The summed E-state index contributed by atoms with van der Waals surface area (Å²) in [5, 5.41) is 11.2. The number of methoxy groups -OCH3 is 1. The van der Waals surface area contributed by atoms with Crippen LogP contribution < -0.4 is 10.1 Å². The minimum Gasteiger partial charge on any atom is -0.496 e. The monoisotopic (exact) mass is 279 g/mol. The quantitative estimate of drug-likeness (QED) is 0.798. The van der Waals surface area contributed by atoms with Gasteiger partial charge in [0.25, 0.3) is 0 Å².